The van der Waals surface area contributed by atoms with Crippen LogP contribution in [0.15, 0.2) is 24.4 Å². The topological polar surface area (TPSA) is 50.5 Å². The summed E-state index contributed by atoms with van der Waals surface area (Å²) in [5.74, 6) is 1.96. The number of aromatic nitrogens is 3. The zero-order chi connectivity index (χ0) is 13.5. The van der Waals surface area contributed by atoms with Crippen molar-refractivity contribution in [1.82, 2.24) is 19.5 Å². The molecule has 1 saturated heterocycles. The van der Waals surface area contributed by atoms with Crippen molar-refractivity contribution in [2.75, 3.05) is 13.1 Å². The first-order valence-electron chi connectivity index (χ1n) is 7.41. The lowest BCUT2D eigenvalue weighted by molar-refractivity contribution is -0.133. The van der Waals surface area contributed by atoms with Crippen LogP contribution in [0.2, 0.25) is 0 Å². The van der Waals surface area contributed by atoms with Crippen LogP contribution in [0, 0.1) is 5.92 Å². The van der Waals surface area contributed by atoms with Crippen LogP contribution in [0.4, 0.5) is 0 Å². The van der Waals surface area contributed by atoms with Gasteiger partial charge in [0.25, 0.3) is 0 Å². The zero-order valence-electron chi connectivity index (χ0n) is 11.4. The average molecular weight is 270 g/mol. The molecule has 0 aromatic carbocycles. The highest BCUT2D eigenvalue weighted by atomic mass is 16.2. The predicted octanol–water partition coefficient (Wildman–Crippen LogP) is 1.85. The Morgan fingerprint density at radius 3 is 2.95 bits per heavy atom. The third-order valence-electron chi connectivity index (χ3n) is 4.36. The first-order valence-corrected chi connectivity index (χ1v) is 7.41. The van der Waals surface area contributed by atoms with E-state index in [1.54, 1.807) is 0 Å². The molecule has 5 heteroatoms. The molecule has 1 saturated carbocycles. The van der Waals surface area contributed by atoms with Crippen molar-refractivity contribution in [3.63, 3.8) is 0 Å². The second kappa shape index (κ2) is 4.58. The van der Waals surface area contributed by atoms with Gasteiger partial charge in [0.15, 0.2) is 5.65 Å². The molecule has 20 heavy (non-hydrogen) atoms. The number of rotatable bonds is 2. The molecule has 0 N–H and O–H groups in total. The van der Waals surface area contributed by atoms with Crippen LogP contribution in [-0.2, 0) is 4.79 Å². The van der Waals surface area contributed by atoms with E-state index in [1.165, 1.54) is 0 Å². The van der Waals surface area contributed by atoms with Crippen LogP contribution >= 0.6 is 0 Å². The molecule has 5 nitrogen and oxygen atoms in total. The largest absolute Gasteiger partial charge is 0.342 e. The maximum Gasteiger partial charge on any atom is 0.225 e. The molecule has 2 aromatic heterocycles. The summed E-state index contributed by atoms with van der Waals surface area (Å²) in [7, 11) is 0. The van der Waals surface area contributed by atoms with Crippen molar-refractivity contribution in [2.45, 2.75) is 31.6 Å². The van der Waals surface area contributed by atoms with Crippen molar-refractivity contribution in [3.05, 3.63) is 30.2 Å². The van der Waals surface area contributed by atoms with Crippen LogP contribution in [0.1, 0.15) is 37.4 Å². The molecule has 0 bridgehead atoms. The van der Waals surface area contributed by atoms with Crippen molar-refractivity contribution >= 4 is 11.6 Å². The monoisotopic (exact) mass is 270 g/mol. The Kier molecular flexibility index (Phi) is 2.72. The molecule has 104 valence electrons. The van der Waals surface area contributed by atoms with Gasteiger partial charge in [0.2, 0.25) is 5.91 Å². The van der Waals surface area contributed by atoms with Gasteiger partial charge in [-0.25, -0.2) is 0 Å². The smallest absolute Gasteiger partial charge is 0.225 e. The van der Waals surface area contributed by atoms with E-state index in [9.17, 15) is 4.79 Å². The molecule has 2 aliphatic rings. The fourth-order valence-electron chi connectivity index (χ4n) is 3.11. The molecule has 1 aliphatic carbocycles. The number of carbonyl (C=O) groups excluding carboxylic acids is 1. The van der Waals surface area contributed by atoms with Gasteiger partial charge >= 0.3 is 0 Å². The SMILES string of the molecule is O=C(C1CC1)N1CCCC(c2nnc3ccccn23)C1. The van der Waals surface area contributed by atoms with Gasteiger partial charge in [-0.3, -0.25) is 9.20 Å². The van der Waals surface area contributed by atoms with Gasteiger partial charge < -0.3 is 4.90 Å². The highest BCUT2D eigenvalue weighted by Gasteiger charge is 2.36. The lowest BCUT2D eigenvalue weighted by Crippen LogP contribution is -2.40. The van der Waals surface area contributed by atoms with Crippen LogP contribution in [0.3, 0.4) is 0 Å². The molecule has 1 aliphatic heterocycles. The molecule has 2 fully saturated rings. The number of pyridine rings is 1. The summed E-state index contributed by atoms with van der Waals surface area (Å²) in [6.07, 6.45) is 6.31. The number of fused-ring (bicyclic) bond motifs is 1. The fourth-order valence-corrected chi connectivity index (χ4v) is 3.11. The first-order chi connectivity index (χ1) is 9.83. The molecule has 2 aromatic rings. The van der Waals surface area contributed by atoms with Crippen LogP contribution in [0.5, 0.6) is 0 Å². The Morgan fingerprint density at radius 1 is 1.20 bits per heavy atom. The summed E-state index contributed by atoms with van der Waals surface area (Å²) in [6.45, 7) is 1.70. The second-order valence-corrected chi connectivity index (χ2v) is 5.88. The number of piperidine rings is 1. The molecule has 1 unspecified atom stereocenters. The van der Waals surface area contributed by atoms with E-state index < -0.39 is 0 Å². The highest BCUT2D eigenvalue weighted by molar-refractivity contribution is 5.81. The summed E-state index contributed by atoms with van der Waals surface area (Å²) < 4.78 is 2.05. The Balaban J connectivity index is 1.59. The summed E-state index contributed by atoms with van der Waals surface area (Å²) in [6, 6.07) is 5.93. The number of nitrogens with zero attached hydrogens (tertiary/aromatic N) is 4. The van der Waals surface area contributed by atoms with Gasteiger partial charge in [0, 0.05) is 31.1 Å². The number of amides is 1. The molecule has 0 radical (unpaired) electrons. The third kappa shape index (κ3) is 1.97. The minimum Gasteiger partial charge on any atom is -0.342 e. The van der Waals surface area contributed by atoms with Crippen LogP contribution in [0.25, 0.3) is 5.65 Å². The van der Waals surface area contributed by atoms with E-state index in [2.05, 4.69) is 14.6 Å². The predicted molar refractivity (Wildman–Crippen MR) is 74.3 cm³/mol. The number of hydrogen-bond donors (Lipinski definition) is 0. The van der Waals surface area contributed by atoms with Gasteiger partial charge in [0.1, 0.15) is 5.82 Å². The van der Waals surface area contributed by atoms with Gasteiger partial charge in [0.05, 0.1) is 0 Å². The standard InChI is InChI=1S/C15H18N4O/c20-15(11-6-7-11)18-8-3-4-12(10-18)14-17-16-13-5-1-2-9-19(13)14/h1-2,5,9,11-12H,3-4,6-8,10H2. The lowest BCUT2D eigenvalue weighted by Gasteiger charge is -2.32. The maximum absolute atomic E-state index is 12.2. The number of carbonyl (C=O) groups is 1. The Morgan fingerprint density at radius 2 is 2.10 bits per heavy atom. The molecule has 1 atom stereocenters. The van der Waals surface area contributed by atoms with Crippen LogP contribution < -0.4 is 0 Å². The first kappa shape index (κ1) is 11.9. The number of hydrogen-bond acceptors (Lipinski definition) is 3. The van der Waals surface area contributed by atoms with Crippen molar-refractivity contribution in [2.24, 2.45) is 5.92 Å². The summed E-state index contributed by atoms with van der Waals surface area (Å²) in [4.78, 5) is 14.3. The fraction of sp³-hybridized carbons (Fsp3) is 0.533. The average Bonchev–Trinajstić information content (AvgIpc) is 3.26. The Bertz CT molecular complexity index is 646. The maximum atomic E-state index is 12.2. The normalized spacial score (nSPS) is 23.2. The summed E-state index contributed by atoms with van der Waals surface area (Å²) in [5, 5.41) is 8.57. The lowest BCUT2D eigenvalue weighted by atomic mass is 9.97. The van der Waals surface area contributed by atoms with Gasteiger partial charge in [-0.1, -0.05) is 6.07 Å². The van der Waals surface area contributed by atoms with E-state index >= 15 is 0 Å². The summed E-state index contributed by atoms with van der Waals surface area (Å²) >= 11 is 0. The van der Waals surface area contributed by atoms with Gasteiger partial charge in [-0.15, -0.1) is 10.2 Å². The number of likely N-dealkylation sites (tertiary alicyclic amines) is 1. The van der Waals surface area contributed by atoms with E-state index in [-0.39, 0.29) is 0 Å². The van der Waals surface area contributed by atoms with Gasteiger partial charge in [-0.05, 0) is 37.8 Å². The van der Waals surface area contributed by atoms with Crippen molar-refractivity contribution in [3.8, 4) is 0 Å². The third-order valence-corrected chi connectivity index (χ3v) is 4.36. The van der Waals surface area contributed by atoms with Gasteiger partial charge in [-0.2, -0.15) is 0 Å². The van der Waals surface area contributed by atoms with E-state index in [1.807, 2.05) is 29.3 Å². The van der Waals surface area contributed by atoms with E-state index in [4.69, 9.17) is 0 Å². The Labute approximate surface area is 117 Å². The quantitative estimate of drug-likeness (QED) is 0.836. The minimum atomic E-state index is 0.309. The summed E-state index contributed by atoms with van der Waals surface area (Å²) in [5.41, 5.74) is 0.883. The molecule has 1 amide bonds. The highest BCUT2D eigenvalue weighted by Crippen LogP contribution is 2.34. The molecule has 4 rings (SSSR count). The zero-order valence-corrected chi connectivity index (χ0v) is 11.4. The second-order valence-electron chi connectivity index (χ2n) is 5.88. The minimum absolute atomic E-state index is 0.309. The van der Waals surface area contributed by atoms with Crippen molar-refractivity contribution in [1.29, 1.82) is 0 Å². The van der Waals surface area contributed by atoms with E-state index in [0.717, 1.165) is 50.2 Å². The molecule has 3 heterocycles. The molecule has 0 spiro atoms. The Hall–Kier alpha value is -1.91. The van der Waals surface area contributed by atoms with Crippen molar-refractivity contribution < 1.29 is 4.79 Å². The van der Waals surface area contributed by atoms with Crippen LogP contribution in [-0.4, -0.2) is 38.5 Å². The molecular formula is C15H18N4O. The molecular weight excluding hydrogens is 252 g/mol. The van der Waals surface area contributed by atoms with E-state index in [0.29, 0.717) is 17.7 Å².